The lowest BCUT2D eigenvalue weighted by Crippen LogP contribution is -2.38. The largest absolute Gasteiger partial charge is 0.406 e. The second-order valence-corrected chi connectivity index (χ2v) is 8.57. The molecule has 2 aromatic carbocycles. The molecule has 0 aliphatic rings. The highest BCUT2D eigenvalue weighted by Gasteiger charge is 2.34. The first kappa shape index (κ1) is 22.3. The van der Waals surface area contributed by atoms with E-state index in [0.717, 1.165) is 12.3 Å². The van der Waals surface area contributed by atoms with Crippen LogP contribution in [-0.4, -0.2) is 43.1 Å². The minimum Gasteiger partial charge on any atom is -0.325 e. The number of carbonyl (C=O) groups excluding carboxylic acids is 1. The summed E-state index contributed by atoms with van der Waals surface area (Å²) >= 11 is 0. The van der Waals surface area contributed by atoms with E-state index in [1.54, 1.807) is 0 Å². The van der Waals surface area contributed by atoms with Crippen LogP contribution in [0.3, 0.4) is 0 Å². The molecule has 0 spiro atoms. The van der Waals surface area contributed by atoms with Gasteiger partial charge in [0.15, 0.2) is 9.84 Å². The first-order valence-corrected chi connectivity index (χ1v) is 10.3. The summed E-state index contributed by atoms with van der Waals surface area (Å²) < 4.78 is 61.6. The number of para-hydroxylation sites is 1. The summed E-state index contributed by atoms with van der Waals surface area (Å²) in [6, 6.07) is 10.4. The van der Waals surface area contributed by atoms with E-state index in [9.17, 15) is 36.5 Å². The number of nitro benzene ring substituents is 1. The van der Waals surface area contributed by atoms with Crippen LogP contribution in [0, 0.1) is 10.1 Å². The van der Waals surface area contributed by atoms with Crippen LogP contribution in [0.25, 0.3) is 0 Å². The molecule has 1 amide bonds. The van der Waals surface area contributed by atoms with E-state index in [4.69, 9.17) is 0 Å². The molecular weight excluding hydrogens is 413 g/mol. The van der Waals surface area contributed by atoms with Gasteiger partial charge in [-0.1, -0.05) is 30.3 Å². The van der Waals surface area contributed by atoms with Gasteiger partial charge in [0.1, 0.15) is 6.54 Å². The molecule has 0 fully saturated rings. The van der Waals surface area contributed by atoms with E-state index in [0.29, 0.717) is 10.5 Å². The van der Waals surface area contributed by atoms with Gasteiger partial charge in [-0.3, -0.25) is 14.9 Å². The average Bonchev–Trinajstić information content (AvgIpc) is 2.59. The molecule has 0 aliphatic heterocycles. The first-order valence-electron chi connectivity index (χ1n) is 8.21. The van der Waals surface area contributed by atoms with Gasteiger partial charge in [-0.25, -0.2) is 8.42 Å². The lowest BCUT2D eigenvalue weighted by molar-refractivity contribution is -0.385. The predicted molar refractivity (Wildman–Crippen MR) is 98.9 cm³/mol. The number of rotatable bonds is 7. The van der Waals surface area contributed by atoms with Crippen LogP contribution >= 0.6 is 0 Å². The third kappa shape index (κ3) is 6.86. The smallest absolute Gasteiger partial charge is 0.325 e. The Morgan fingerprint density at radius 1 is 1.10 bits per heavy atom. The van der Waals surface area contributed by atoms with Crippen molar-refractivity contribution in [2.45, 2.75) is 18.5 Å². The van der Waals surface area contributed by atoms with Crippen molar-refractivity contribution in [1.82, 2.24) is 4.90 Å². The quantitative estimate of drug-likeness (QED) is 0.496. The van der Waals surface area contributed by atoms with E-state index in [1.807, 2.05) is 0 Å². The summed E-state index contributed by atoms with van der Waals surface area (Å²) in [5, 5.41) is 11.1. The van der Waals surface area contributed by atoms with Crippen LogP contribution in [0.2, 0.25) is 0 Å². The first-order chi connectivity index (χ1) is 13.4. The molecule has 7 nitrogen and oxygen atoms in total. The molecule has 156 valence electrons. The SMILES string of the molecule is CS(=O)(=O)Cc1ccc(C(=O)N(Cc2ccccc2[N+](=O)[O-])CC(F)(F)F)cc1. The Balaban J connectivity index is 2.32. The van der Waals surface area contributed by atoms with Crippen molar-refractivity contribution < 1.29 is 31.3 Å². The maximum absolute atomic E-state index is 13.0. The normalized spacial score (nSPS) is 11.9. The predicted octanol–water partition coefficient (Wildman–Crippen LogP) is 3.34. The van der Waals surface area contributed by atoms with Gasteiger partial charge < -0.3 is 4.90 Å². The van der Waals surface area contributed by atoms with Crippen molar-refractivity contribution >= 4 is 21.4 Å². The van der Waals surface area contributed by atoms with E-state index >= 15 is 0 Å². The van der Waals surface area contributed by atoms with Crippen LogP contribution in [-0.2, 0) is 22.1 Å². The van der Waals surface area contributed by atoms with Gasteiger partial charge in [-0.15, -0.1) is 0 Å². The standard InChI is InChI=1S/C18H17F3N2O5S/c1-29(27,28)11-13-6-8-14(9-7-13)17(24)22(12-18(19,20)21)10-15-4-2-3-5-16(15)23(25)26/h2-9H,10-12H2,1H3. The number of nitro groups is 1. The number of amides is 1. The van der Waals surface area contributed by atoms with E-state index in [2.05, 4.69) is 0 Å². The van der Waals surface area contributed by atoms with Crippen LogP contribution in [0.15, 0.2) is 48.5 Å². The summed E-state index contributed by atoms with van der Waals surface area (Å²) in [5.41, 5.74) is -0.144. The maximum Gasteiger partial charge on any atom is 0.406 e. The fraction of sp³-hybridized carbons (Fsp3) is 0.278. The molecule has 0 heterocycles. The summed E-state index contributed by atoms with van der Waals surface area (Å²) in [5.74, 6) is -1.25. The van der Waals surface area contributed by atoms with E-state index in [-0.39, 0.29) is 16.9 Å². The average molecular weight is 430 g/mol. The molecule has 11 heteroatoms. The Hall–Kier alpha value is -2.95. The van der Waals surface area contributed by atoms with Crippen LogP contribution in [0.4, 0.5) is 18.9 Å². The molecule has 0 aliphatic carbocycles. The van der Waals surface area contributed by atoms with Crippen molar-refractivity contribution in [3.05, 3.63) is 75.3 Å². The lowest BCUT2D eigenvalue weighted by atomic mass is 10.1. The highest BCUT2D eigenvalue weighted by atomic mass is 32.2. The highest BCUT2D eigenvalue weighted by Crippen LogP contribution is 2.24. The van der Waals surface area contributed by atoms with E-state index in [1.165, 1.54) is 42.5 Å². The summed E-state index contributed by atoms with van der Waals surface area (Å²) in [7, 11) is -3.31. The zero-order valence-corrected chi connectivity index (χ0v) is 16.0. The second-order valence-electron chi connectivity index (χ2n) is 6.43. The molecule has 0 atom stereocenters. The minimum atomic E-state index is -4.71. The highest BCUT2D eigenvalue weighted by molar-refractivity contribution is 7.89. The van der Waals surface area contributed by atoms with Gasteiger partial charge >= 0.3 is 6.18 Å². The van der Waals surface area contributed by atoms with Crippen molar-refractivity contribution in [2.75, 3.05) is 12.8 Å². The molecule has 2 aromatic rings. The molecule has 0 N–H and O–H groups in total. The zero-order valence-electron chi connectivity index (χ0n) is 15.2. The van der Waals surface area contributed by atoms with Crippen molar-refractivity contribution in [3.63, 3.8) is 0 Å². The van der Waals surface area contributed by atoms with E-state index < -0.39 is 45.6 Å². The molecule has 2 rings (SSSR count). The van der Waals surface area contributed by atoms with Gasteiger partial charge in [0.05, 0.1) is 17.2 Å². The number of sulfone groups is 1. The number of hydrogen-bond acceptors (Lipinski definition) is 5. The molecule has 0 unspecified atom stereocenters. The monoisotopic (exact) mass is 430 g/mol. The number of halogens is 3. The molecule has 0 bridgehead atoms. The number of carbonyl (C=O) groups is 1. The van der Waals surface area contributed by atoms with Crippen LogP contribution < -0.4 is 0 Å². The van der Waals surface area contributed by atoms with Gasteiger partial charge in [0.25, 0.3) is 11.6 Å². The fourth-order valence-corrected chi connectivity index (χ4v) is 3.47. The van der Waals surface area contributed by atoms with Crippen molar-refractivity contribution in [1.29, 1.82) is 0 Å². The lowest BCUT2D eigenvalue weighted by Gasteiger charge is -2.24. The van der Waals surface area contributed by atoms with Gasteiger partial charge in [0.2, 0.25) is 0 Å². The molecule has 0 saturated carbocycles. The second kappa shape index (κ2) is 8.60. The Morgan fingerprint density at radius 2 is 1.69 bits per heavy atom. The Morgan fingerprint density at radius 3 is 2.21 bits per heavy atom. The minimum absolute atomic E-state index is 0.0382. The molecule has 29 heavy (non-hydrogen) atoms. The summed E-state index contributed by atoms with van der Waals surface area (Å²) in [6.07, 6.45) is -3.68. The van der Waals surface area contributed by atoms with Gasteiger partial charge in [-0.05, 0) is 17.7 Å². The Kier molecular flexibility index (Phi) is 6.62. The van der Waals surface area contributed by atoms with Crippen molar-refractivity contribution in [2.24, 2.45) is 0 Å². The fourth-order valence-electron chi connectivity index (χ4n) is 2.67. The molecular formula is C18H17F3N2O5S. The third-order valence-electron chi connectivity index (χ3n) is 3.84. The number of alkyl halides is 3. The number of nitrogens with zero attached hydrogens (tertiary/aromatic N) is 2. The maximum atomic E-state index is 13.0. The van der Waals surface area contributed by atoms with Crippen molar-refractivity contribution in [3.8, 4) is 0 Å². The summed E-state index contributed by atoms with van der Waals surface area (Å²) in [4.78, 5) is 23.5. The Bertz CT molecular complexity index is 1000. The zero-order chi connectivity index (χ0) is 21.8. The molecule has 0 radical (unpaired) electrons. The topological polar surface area (TPSA) is 97.6 Å². The van der Waals surface area contributed by atoms with Crippen LogP contribution in [0.1, 0.15) is 21.5 Å². The number of benzene rings is 2. The Labute approximate surface area is 164 Å². The van der Waals surface area contributed by atoms with Gasteiger partial charge in [-0.2, -0.15) is 13.2 Å². The van der Waals surface area contributed by atoms with Crippen LogP contribution in [0.5, 0.6) is 0 Å². The number of hydrogen-bond donors (Lipinski definition) is 0. The third-order valence-corrected chi connectivity index (χ3v) is 4.69. The summed E-state index contributed by atoms with van der Waals surface area (Å²) in [6.45, 7) is -2.20. The molecule has 0 aromatic heterocycles. The molecule has 0 saturated heterocycles. The van der Waals surface area contributed by atoms with Gasteiger partial charge in [0, 0.05) is 23.4 Å².